The van der Waals surface area contributed by atoms with Crippen molar-refractivity contribution in [2.45, 2.75) is 6.92 Å². The lowest BCUT2D eigenvalue weighted by Gasteiger charge is -2.15. The Morgan fingerprint density at radius 2 is 1.20 bits per heavy atom. The SMILES string of the molecule is Cc1c(-c2sc3ccccc3c2-c2ccccc2)c2ccccc2n1-c1ccccc1-c1nc(-c2ccccc2)nc2oc3c4ccccc4ccc3c12. The Morgan fingerprint density at radius 1 is 0.537 bits per heavy atom. The van der Waals surface area contributed by atoms with Gasteiger partial charge in [0.1, 0.15) is 5.58 Å². The molecule has 0 atom stereocenters. The van der Waals surface area contributed by atoms with Gasteiger partial charge < -0.3 is 8.98 Å². The molecule has 0 N–H and O–H groups in total. The van der Waals surface area contributed by atoms with Gasteiger partial charge in [-0.05, 0) is 42.1 Å². The smallest absolute Gasteiger partial charge is 0.231 e. The molecule has 54 heavy (non-hydrogen) atoms. The lowest BCUT2D eigenvalue weighted by Crippen LogP contribution is -2.02. The van der Waals surface area contributed by atoms with Crippen molar-refractivity contribution in [2.24, 2.45) is 0 Å². The fourth-order valence-corrected chi connectivity index (χ4v) is 9.60. The van der Waals surface area contributed by atoms with E-state index < -0.39 is 0 Å². The van der Waals surface area contributed by atoms with E-state index in [0.29, 0.717) is 11.5 Å². The van der Waals surface area contributed by atoms with Crippen molar-refractivity contribution in [3.05, 3.63) is 176 Å². The van der Waals surface area contributed by atoms with Gasteiger partial charge in [-0.2, -0.15) is 4.98 Å². The molecule has 11 aromatic rings. The van der Waals surface area contributed by atoms with E-state index in [-0.39, 0.29) is 0 Å². The van der Waals surface area contributed by atoms with E-state index >= 15 is 0 Å². The third kappa shape index (κ3) is 4.62. The molecule has 0 bridgehead atoms. The molecule has 0 aliphatic heterocycles. The maximum Gasteiger partial charge on any atom is 0.231 e. The van der Waals surface area contributed by atoms with Crippen molar-refractivity contribution in [3.63, 3.8) is 0 Å². The minimum atomic E-state index is 0.576. The van der Waals surface area contributed by atoms with Crippen LogP contribution < -0.4 is 0 Å². The third-order valence-electron chi connectivity index (χ3n) is 10.7. The van der Waals surface area contributed by atoms with Crippen LogP contribution in [0.3, 0.4) is 0 Å². The highest BCUT2D eigenvalue weighted by Gasteiger charge is 2.26. The zero-order chi connectivity index (χ0) is 35.8. The highest BCUT2D eigenvalue weighted by Crippen LogP contribution is 2.50. The molecule has 0 fully saturated rings. The lowest BCUT2D eigenvalue weighted by molar-refractivity contribution is 0.657. The highest BCUT2D eigenvalue weighted by molar-refractivity contribution is 7.23. The summed E-state index contributed by atoms with van der Waals surface area (Å²) < 4.78 is 10.4. The molecule has 5 heteroatoms. The summed E-state index contributed by atoms with van der Waals surface area (Å²) in [6.07, 6.45) is 0. The molecule has 0 amide bonds. The molecule has 0 saturated heterocycles. The van der Waals surface area contributed by atoms with Gasteiger partial charge in [-0.25, -0.2) is 4.98 Å². The van der Waals surface area contributed by atoms with Gasteiger partial charge in [0.2, 0.25) is 5.71 Å². The van der Waals surface area contributed by atoms with Crippen LogP contribution in [0.4, 0.5) is 0 Å². The van der Waals surface area contributed by atoms with E-state index in [2.05, 4.69) is 163 Å². The van der Waals surface area contributed by atoms with E-state index in [9.17, 15) is 0 Å². The largest absolute Gasteiger partial charge is 0.437 e. The number of thiophene rings is 1. The van der Waals surface area contributed by atoms with Crippen molar-refractivity contribution >= 4 is 65.2 Å². The van der Waals surface area contributed by atoms with E-state index in [0.717, 1.165) is 55.2 Å². The Balaban J connectivity index is 1.22. The van der Waals surface area contributed by atoms with Crippen LogP contribution in [0.1, 0.15) is 5.69 Å². The summed E-state index contributed by atoms with van der Waals surface area (Å²) in [7, 11) is 0. The van der Waals surface area contributed by atoms with Crippen LogP contribution in [0.15, 0.2) is 174 Å². The van der Waals surface area contributed by atoms with Gasteiger partial charge in [0.15, 0.2) is 5.82 Å². The Labute approximate surface area is 315 Å². The van der Waals surface area contributed by atoms with E-state index in [1.165, 1.54) is 42.7 Å². The quantitative estimate of drug-likeness (QED) is 0.179. The Bertz CT molecular complexity index is 3230. The molecule has 11 rings (SSSR count). The number of rotatable bonds is 5. The van der Waals surface area contributed by atoms with Gasteiger partial charge in [-0.1, -0.05) is 146 Å². The monoisotopic (exact) mass is 709 g/mol. The van der Waals surface area contributed by atoms with Gasteiger partial charge in [0, 0.05) is 59.1 Å². The average Bonchev–Trinajstić information content (AvgIpc) is 3.90. The van der Waals surface area contributed by atoms with Gasteiger partial charge in [0.25, 0.3) is 0 Å². The number of hydrogen-bond acceptors (Lipinski definition) is 4. The van der Waals surface area contributed by atoms with Crippen LogP contribution in [0, 0.1) is 6.92 Å². The second-order valence-electron chi connectivity index (χ2n) is 13.7. The first-order valence-electron chi connectivity index (χ1n) is 18.2. The first-order chi connectivity index (χ1) is 26.7. The summed E-state index contributed by atoms with van der Waals surface area (Å²) in [5.41, 5.74) is 11.3. The molecule has 0 spiro atoms. The second kappa shape index (κ2) is 12.1. The van der Waals surface area contributed by atoms with Crippen molar-refractivity contribution in [1.82, 2.24) is 14.5 Å². The van der Waals surface area contributed by atoms with E-state index in [4.69, 9.17) is 14.4 Å². The summed E-state index contributed by atoms with van der Waals surface area (Å²) in [5.74, 6) is 0.629. The summed E-state index contributed by atoms with van der Waals surface area (Å²) in [4.78, 5) is 11.7. The number of aromatic nitrogens is 3. The van der Waals surface area contributed by atoms with E-state index in [1.807, 2.05) is 29.5 Å². The lowest BCUT2D eigenvalue weighted by atomic mass is 9.97. The summed E-state index contributed by atoms with van der Waals surface area (Å²) in [5, 5.41) is 6.58. The topological polar surface area (TPSA) is 43.9 Å². The Morgan fingerprint density at radius 3 is 2.04 bits per heavy atom. The molecule has 4 aromatic heterocycles. The first kappa shape index (κ1) is 30.8. The average molecular weight is 710 g/mol. The predicted octanol–water partition coefficient (Wildman–Crippen LogP) is 13.7. The number of hydrogen-bond donors (Lipinski definition) is 0. The Kier molecular flexibility index (Phi) is 6.91. The Hall–Kier alpha value is -6.82. The van der Waals surface area contributed by atoms with Crippen LogP contribution in [-0.4, -0.2) is 14.5 Å². The molecule has 7 aromatic carbocycles. The number of benzene rings is 7. The van der Waals surface area contributed by atoms with E-state index in [1.54, 1.807) is 0 Å². The number of furan rings is 1. The maximum absolute atomic E-state index is 6.72. The van der Waals surface area contributed by atoms with Crippen molar-refractivity contribution in [1.29, 1.82) is 0 Å². The maximum atomic E-state index is 6.72. The first-order valence-corrected chi connectivity index (χ1v) is 19.0. The highest BCUT2D eigenvalue weighted by atomic mass is 32.1. The fraction of sp³-hybridized carbons (Fsp3) is 0.0204. The van der Waals surface area contributed by atoms with Gasteiger partial charge in [0.05, 0.1) is 22.3 Å². The molecule has 4 heterocycles. The molecular formula is C49H31N3OS. The number of nitrogens with zero attached hydrogens (tertiary/aromatic N) is 3. The van der Waals surface area contributed by atoms with Crippen LogP contribution >= 0.6 is 11.3 Å². The summed E-state index contributed by atoms with van der Waals surface area (Å²) in [6, 6.07) is 59.9. The van der Waals surface area contributed by atoms with Gasteiger partial charge in [-0.3, -0.25) is 0 Å². The molecule has 0 unspecified atom stereocenters. The molecule has 254 valence electrons. The van der Waals surface area contributed by atoms with Crippen molar-refractivity contribution in [3.8, 4) is 49.9 Å². The van der Waals surface area contributed by atoms with Crippen LogP contribution in [0.25, 0.3) is 104 Å². The molecule has 0 radical (unpaired) electrons. The zero-order valence-corrected chi connectivity index (χ0v) is 30.1. The van der Waals surface area contributed by atoms with Crippen LogP contribution in [0.5, 0.6) is 0 Å². The predicted molar refractivity (Wildman–Crippen MR) is 226 cm³/mol. The molecule has 0 aliphatic carbocycles. The molecular weight excluding hydrogens is 679 g/mol. The number of fused-ring (bicyclic) bond motifs is 7. The number of para-hydroxylation sites is 2. The van der Waals surface area contributed by atoms with Gasteiger partial charge in [-0.15, -0.1) is 11.3 Å². The van der Waals surface area contributed by atoms with Crippen LogP contribution in [-0.2, 0) is 0 Å². The van der Waals surface area contributed by atoms with Gasteiger partial charge >= 0.3 is 0 Å². The van der Waals surface area contributed by atoms with Crippen molar-refractivity contribution < 1.29 is 4.42 Å². The zero-order valence-electron chi connectivity index (χ0n) is 29.3. The fourth-order valence-electron chi connectivity index (χ4n) is 8.26. The van der Waals surface area contributed by atoms with Crippen LogP contribution in [0.2, 0.25) is 0 Å². The molecule has 4 nitrogen and oxygen atoms in total. The van der Waals surface area contributed by atoms with Crippen molar-refractivity contribution in [2.75, 3.05) is 0 Å². The minimum absolute atomic E-state index is 0.576. The molecule has 0 aliphatic rings. The third-order valence-corrected chi connectivity index (χ3v) is 11.8. The summed E-state index contributed by atoms with van der Waals surface area (Å²) >= 11 is 1.87. The molecule has 0 saturated carbocycles. The minimum Gasteiger partial charge on any atom is -0.437 e. The standard InChI is InChI=1S/C49H31N3OS/c1-30-42(47-43(32-17-4-2-5-18-32)37-24-12-15-27-41(37)54-47)35-22-10-13-25-39(35)52(30)40-26-14-11-23-36(40)45-44-38-29-28-31-16-8-9-21-34(31)46(38)53-49(44)51-48(50-45)33-19-6-3-7-20-33/h2-29H,1H3. The summed E-state index contributed by atoms with van der Waals surface area (Å²) in [6.45, 7) is 2.26. The normalized spacial score (nSPS) is 11.8. The second-order valence-corrected chi connectivity index (χ2v) is 14.8.